The fraction of sp³-hybridized carbons (Fsp3) is 0.900. The Bertz CT molecular complexity index is 213. The quantitative estimate of drug-likeness (QED) is 0.710. The third-order valence-corrected chi connectivity index (χ3v) is 2.09. The van der Waals surface area contributed by atoms with Crippen LogP contribution in [0.15, 0.2) is 0 Å². The smallest absolute Gasteiger partial charge is 0.407 e. The van der Waals surface area contributed by atoms with Gasteiger partial charge in [0.15, 0.2) is 0 Å². The molecule has 14 heavy (non-hydrogen) atoms. The lowest BCUT2D eigenvalue weighted by Gasteiger charge is -2.21. The van der Waals surface area contributed by atoms with Gasteiger partial charge in [0.1, 0.15) is 11.8 Å². The van der Waals surface area contributed by atoms with Gasteiger partial charge in [-0.2, -0.15) is 0 Å². The van der Waals surface area contributed by atoms with Gasteiger partial charge in [0.05, 0.1) is 0 Å². The first-order valence-electron chi connectivity index (χ1n) is 5.00. The highest BCUT2D eigenvalue weighted by Gasteiger charge is 2.27. The molecule has 1 amide bonds. The first-order chi connectivity index (χ1) is 6.37. The van der Waals surface area contributed by atoms with Gasteiger partial charge < -0.3 is 10.1 Å². The highest BCUT2D eigenvalue weighted by molar-refractivity contribution is 5.68. The van der Waals surface area contributed by atoms with Crippen molar-refractivity contribution in [3.05, 3.63) is 0 Å². The normalized spacial score (nSPS) is 27.4. The van der Waals surface area contributed by atoms with E-state index >= 15 is 0 Å². The molecule has 82 valence electrons. The first kappa shape index (κ1) is 11.3. The predicted molar refractivity (Wildman–Crippen MR) is 51.9 cm³/mol. The zero-order valence-corrected chi connectivity index (χ0v) is 8.97. The maximum absolute atomic E-state index is 12.8. The van der Waals surface area contributed by atoms with Crippen LogP contribution in [0.3, 0.4) is 0 Å². The van der Waals surface area contributed by atoms with Crippen LogP contribution in [-0.2, 0) is 4.74 Å². The van der Waals surface area contributed by atoms with E-state index in [2.05, 4.69) is 5.32 Å². The van der Waals surface area contributed by atoms with Crippen molar-refractivity contribution in [2.24, 2.45) is 0 Å². The van der Waals surface area contributed by atoms with Gasteiger partial charge in [0.2, 0.25) is 0 Å². The number of ether oxygens (including phenoxy) is 1. The Labute approximate surface area is 84.0 Å². The highest BCUT2D eigenvalue weighted by atomic mass is 19.1. The second kappa shape index (κ2) is 4.15. The largest absolute Gasteiger partial charge is 0.444 e. The second-order valence-electron chi connectivity index (χ2n) is 4.75. The van der Waals surface area contributed by atoms with Crippen molar-refractivity contribution in [3.8, 4) is 0 Å². The molecule has 1 unspecified atom stereocenters. The number of hydrogen-bond acceptors (Lipinski definition) is 2. The van der Waals surface area contributed by atoms with E-state index in [-0.39, 0.29) is 6.04 Å². The average molecular weight is 203 g/mol. The molecule has 0 aromatic carbocycles. The molecule has 0 bridgehead atoms. The maximum Gasteiger partial charge on any atom is 0.407 e. The van der Waals surface area contributed by atoms with Crippen molar-refractivity contribution in [1.29, 1.82) is 0 Å². The van der Waals surface area contributed by atoms with Crippen molar-refractivity contribution in [2.45, 2.75) is 57.8 Å². The van der Waals surface area contributed by atoms with Gasteiger partial charge in [0, 0.05) is 6.04 Å². The molecule has 0 heterocycles. The minimum atomic E-state index is -0.769. The fourth-order valence-electron chi connectivity index (χ4n) is 1.53. The third kappa shape index (κ3) is 3.94. The van der Waals surface area contributed by atoms with E-state index in [1.807, 2.05) is 0 Å². The zero-order chi connectivity index (χ0) is 10.8. The lowest BCUT2D eigenvalue weighted by Crippen LogP contribution is -2.38. The minimum absolute atomic E-state index is 0.0557. The zero-order valence-electron chi connectivity index (χ0n) is 8.97. The number of nitrogens with one attached hydrogen (secondary N) is 1. The van der Waals surface area contributed by atoms with Crippen LogP contribution in [-0.4, -0.2) is 23.9 Å². The summed E-state index contributed by atoms with van der Waals surface area (Å²) in [6.07, 6.45) is 0.451. The number of rotatable bonds is 1. The first-order valence-corrected chi connectivity index (χ1v) is 5.00. The van der Waals surface area contributed by atoms with E-state index in [1.165, 1.54) is 0 Å². The highest BCUT2D eigenvalue weighted by Crippen LogP contribution is 2.22. The molecular formula is C10H18FNO2. The van der Waals surface area contributed by atoms with Crippen molar-refractivity contribution >= 4 is 6.09 Å². The van der Waals surface area contributed by atoms with Gasteiger partial charge >= 0.3 is 6.09 Å². The molecule has 4 heteroatoms. The molecule has 1 aliphatic carbocycles. The van der Waals surface area contributed by atoms with Gasteiger partial charge in [0.25, 0.3) is 0 Å². The monoisotopic (exact) mass is 203 g/mol. The van der Waals surface area contributed by atoms with Crippen LogP contribution in [0.1, 0.15) is 40.0 Å². The third-order valence-electron chi connectivity index (χ3n) is 2.09. The van der Waals surface area contributed by atoms with Crippen molar-refractivity contribution in [1.82, 2.24) is 5.32 Å². The Morgan fingerprint density at radius 3 is 2.50 bits per heavy atom. The fourth-order valence-corrected chi connectivity index (χ4v) is 1.53. The van der Waals surface area contributed by atoms with Gasteiger partial charge in [-0.15, -0.1) is 0 Å². The van der Waals surface area contributed by atoms with Crippen LogP contribution in [0.5, 0.6) is 0 Å². The minimum Gasteiger partial charge on any atom is -0.444 e. The molecule has 1 N–H and O–H groups in total. The standard InChI is InChI=1S/C10H18FNO2/c1-10(2,3)14-9(13)12-8-5-4-7(11)6-8/h7-8H,4-6H2,1-3H3,(H,12,13)/t7-,8?/m1/s1. The Morgan fingerprint density at radius 1 is 1.43 bits per heavy atom. The summed E-state index contributed by atoms with van der Waals surface area (Å²) in [4.78, 5) is 11.3. The van der Waals surface area contributed by atoms with E-state index in [0.717, 1.165) is 0 Å². The SMILES string of the molecule is CC(C)(C)OC(=O)NC1CC[C@@H](F)C1. The molecule has 0 radical (unpaired) electrons. The molecule has 0 aromatic rings. The molecular weight excluding hydrogens is 185 g/mol. The number of carbonyl (C=O) groups is 1. The Balaban J connectivity index is 2.27. The van der Waals surface area contributed by atoms with Crippen molar-refractivity contribution in [2.75, 3.05) is 0 Å². The summed E-state index contributed by atoms with van der Waals surface area (Å²) in [6.45, 7) is 5.41. The number of alkyl carbamates (subject to hydrolysis) is 1. The predicted octanol–water partition coefficient (Wildman–Crippen LogP) is 2.40. The summed E-state index contributed by atoms with van der Waals surface area (Å²) in [6, 6.07) is -0.0557. The molecule has 2 atom stereocenters. The topological polar surface area (TPSA) is 38.3 Å². The Kier molecular flexibility index (Phi) is 3.34. The summed E-state index contributed by atoms with van der Waals surface area (Å²) < 4.78 is 17.8. The van der Waals surface area contributed by atoms with E-state index in [0.29, 0.717) is 19.3 Å². The maximum atomic E-state index is 12.8. The average Bonchev–Trinajstić information content (AvgIpc) is 2.30. The summed E-state index contributed by atoms with van der Waals surface area (Å²) in [7, 11) is 0. The number of halogens is 1. The summed E-state index contributed by atoms with van der Waals surface area (Å²) in [5.74, 6) is 0. The molecule has 3 nitrogen and oxygen atoms in total. The van der Waals surface area contributed by atoms with Crippen LogP contribution >= 0.6 is 0 Å². The van der Waals surface area contributed by atoms with Gasteiger partial charge in [-0.3, -0.25) is 0 Å². The van der Waals surface area contributed by atoms with E-state index in [1.54, 1.807) is 20.8 Å². The molecule has 0 saturated heterocycles. The van der Waals surface area contributed by atoms with Crippen molar-refractivity contribution < 1.29 is 13.9 Å². The number of alkyl halides is 1. The summed E-state index contributed by atoms with van der Waals surface area (Å²) in [5, 5.41) is 2.66. The Hall–Kier alpha value is -0.800. The second-order valence-corrected chi connectivity index (χ2v) is 4.75. The Morgan fingerprint density at radius 2 is 2.07 bits per heavy atom. The molecule has 0 aromatic heterocycles. The molecule has 0 spiro atoms. The number of hydrogen-bond donors (Lipinski definition) is 1. The number of carbonyl (C=O) groups excluding carboxylic acids is 1. The molecule has 1 saturated carbocycles. The van der Waals surface area contributed by atoms with Crippen LogP contribution in [0.4, 0.5) is 9.18 Å². The molecule has 1 aliphatic rings. The molecule has 1 fully saturated rings. The van der Waals surface area contributed by atoms with E-state index in [4.69, 9.17) is 4.74 Å². The van der Waals surface area contributed by atoms with E-state index < -0.39 is 17.9 Å². The van der Waals surface area contributed by atoms with Crippen LogP contribution in [0.2, 0.25) is 0 Å². The lowest BCUT2D eigenvalue weighted by molar-refractivity contribution is 0.0504. The van der Waals surface area contributed by atoms with Gasteiger partial charge in [-0.05, 0) is 40.0 Å². The van der Waals surface area contributed by atoms with Gasteiger partial charge in [-0.25, -0.2) is 9.18 Å². The number of amides is 1. The van der Waals surface area contributed by atoms with Crippen molar-refractivity contribution in [3.63, 3.8) is 0 Å². The van der Waals surface area contributed by atoms with Crippen LogP contribution < -0.4 is 5.32 Å². The van der Waals surface area contributed by atoms with Gasteiger partial charge in [-0.1, -0.05) is 0 Å². The molecule has 0 aliphatic heterocycles. The summed E-state index contributed by atoms with van der Waals surface area (Å²) >= 11 is 0. The van der Waals surface area contributed by atoms with Crippen LogP contribution in [0.25, 0.3) is 0 Å². The van der Waals surface area contributed by atoms with Crippen LogP contribution in [0, 0.1) is 0 Å². The molecule has 1 rings (SSSR count). The lowest BCUT2D eigenvalue weighted by atomic mass is 10.2. The summed E-state index contributed by atoms with van der Waals surface area (Å²) in [5.41, 5.74) is -0.488. The van der Waals surface area contributed by atoms with E-state index in [9.17, 15) is 9.18 Å².